The SMILES string of the molecule is CC(O)CCCCCCCCCCCC/C=C\CCCC(=O)[O-].[Na+]. The van der Waals surface area contributed by atoms with Gasteiger partial charge in [-0.15, -0.1) is 0 Å². The van der Waals surface area contributed by atoms with Crippen LogP contribution in [0.4, 0.5) is 0 Å². The van der Waals surface area contributed by atoms with Crippen molar-refractivity contribution in [1.82, 2.24) is 0 Å². The summed E-state index contributed by atoms with van der Waals surface area (Å²) in [5.41, 5.74) is 0. The van der Waals surface area contributed by atoms with Gasteiger partial charge in [0, 0.05) is 5.97 Å². The van der Waals surface area contributed by atoms with Crippen molar-refractivity contribution in [2.75, 3.05) is 0 Å². The van der Waals surface area contributed by atoms with Crippen molar-refractivity contribution in [2.24, 2.45) is 0 Å². The molecule has 0 saturated carbocycles. The van der Waals surface area contributed by atoms with E-state index in [1.807, 2.05) is 6.92 Å². The minimum absolute atomic E-state index is 0. The van der Waals surface area contributed by atoms with Gasteiger partial charge in [0.2, 0.25) is 0 Å². The van der Waals surface area contributed by atoms with Crippen LogP contribution in [-0.4, -0.2) is 17.2 Å². The zero-order valence-corrected chi connectivity index (χ0v) is 18.1. The van der Waals surface area contributed by atoms with E-state index in [9.17, 15) is 9.90 Å². The van der Waals surface area contributed by atoms with Gasteiger partial charge in [0.1, 0.15) is 0 Å². The fraction of sp³-hybridized carbons (Fsp3) is 0.850. The topological polar surface area (TPSA) is 60.4 Å². The number of carboxylic acids is 1. The van der Waals surface area contributed by atoms with Crippen molar-refractivity contribution in [2.45, 2.75) is 109 Å². The van der Waals surface area contributed by atoms with Gasteiger partial charge >= 0.3 is 29.6 Å². The monoisotopic (exact) mass is 348 g/mol. The van der Waals surface area contributed by atoms with Gasteiger partial charge in [0.05, 0.1) is 6.10 Å². The number of unbranched alkanes of at least 4 members (excludes halogenated alkanes) is 11. The largest absolute Gasteiger partial charge is 1.00 e. The Morgan fingerprint density at radius 1 is 0.833 bits per heavy atom. The van der Waals surface area contributed by atoms with E-state index in [0.717, 1.165) is 19.3 Å². The number of carboxylic acid groups (broad SMARTS) is 1. The Hall–Kier alpha value is 0.170. The maximum atomic E-state index is 10.2. The Bertz CT molecular complexity index is 291. The summed E-state index contributed by atoms with van der Waals surface area (Å²) in [4.78, 5) is 10.2. The molecule has 0 fully saturated rings. The van der Waals surface area contributed by atoms with Crippen LogP contribution in [-0.2, 0) is 4.79 Å². The molecule has 1 unspecified atom stereocenters. The summed E-state index contributed by atoms with van der Waals surface area (Å²) in [6.07, 6.45) is 21.0. The number of carbonyl (C=O) groups excluding carboxylic acids is 1. The molecule has 0 aliphatic heterocycles. The molecule has 0 amide bonds. The molecule has 0 aromatic carbocycles. The molecule has 24 heavy (non-hydrogen) atoms. The number of hydrogen-bond acceptors (Lipinski definition) is 3. The molecule has 0 aromatic heterocycles. The Morgan fingerprint density at radius 2 is 1.25 bits per heavy atom. The van der Waals surface area contributed by atoms with Crippen LogP contribution in [0.15, 0.2) is 12.2 Å². The molecule has 1 N–H and O–H groups in total. The number of aliphatic carboxylic acids is 1. The first-order valence-electron chi connectivity index (χ1n) is 9.66. The van der Waals surface area contributed by atoms with Gasteiger partial charge in [-0.25, -0.2) is 0 Å². The van der Waals surface area contributed by atoms with Crippen LogP contribution < -0.4 is 34.7 Å². The average molecular weight is 349 g/mol. The minimum Gasteiger partial charge on any atom is -0.550 e. The molecule has 0 bridgehead atoms. The number of carbonyl (C=O) groups is 1. The molecule has 4 heteroatoms. The number of aliphatic hydroxyl groups excluding tert-OH is 1. The molecule has 0 saturated heterocycles. The van der Waals surface area contributed by atoms with Crippen LogP contribution in [0.2, 0.25) is 0 Å². The molecule has 0 heterocycles. The molecule has 0 spiro atoms. The molecule has 0 aliphatic carbocycles. The van der Waals surface area contributed by atoms with E-state index in [4.69, 9.17) is 5.11 Å². The van der Waals surface area contributed by atoms with Crippen LogP contribution in [0.25, 0.3) is 0 Å². The normalized spacial score (nSPS) is 12.2. The number of hydrogen-bond donors (Lipinski definition) is 1. The van der Waals surface area contributed by atoms with E-state index < -0.39 is 5.97 Å². The van der Waals surface area contributed by atoms with Gasteiger partial charge in [-0.2, -0.15) is 0 Å². The first-order chi connectivity index (χ1) is 11.1. The Morgan fingerprint density at radius 3 is 1.71 bits per heavy atom. The van der Waals surface area contributed by atoms with Crippen molar-refractivity contribution in [3.8, 4) is 0 Å². The Labute approximate surface area is 171 Å². The third kappa shape index (κ3) is 24.4. The predicted octanol–water partition coefficient (Wildman–Crippen LogP) is 1.53. The maximum Gasteiger partial charge on any atom is 1.00 e. The quantitative estimate of drug-likeness (QED) is 0.246. The fourth-order valence-electron chi connectivity index (χ4n) is 2.72. The van der Waals surface area contributed by atoms with Gasteiger partial charge in [-0.1, -0.05) is 69.9 Å². The van der Waals surface area contributed by atoms with Gasteiger partial charge in [0.15, 0.2) is 0 Å². The molecule has 0 aliphatic rings. The predicted molar refractivity (Wildman–Crippen MR) is 95.1 cm³/mol. The zero-order valence-electron chi connectivity index (χ0n) is 16.1. The Balaban J connectivity index is 0. The van der Waals surface area contributed by atoms with Gasteiger partial charge in [0.25, 0.3) is 0 Å². The summed E-state index contributed by atoms with van der Waals surface area (Å²) in [7, 11) is 0. The van der Waals surface area contributed by atoms with Crippen molar-refractivity contribution >= 4 is 5.97 Å². The van der Waals surface area contributed by atoms with Crippen molar-refractivity contribution in [3.05, 3.63) is 12.2 Å². The molecule has 0 aromatic rings. The summed E-state index contributed by atoms with van der Waals surface area (Å²) in [5.74, 6) is -0.946. The van der Waals surface area contributed by atoms with Gasteiger partial charge < -0.3 is 15.0 Å². The first kappa shape index (κ1) is 26.4. The first-order valence-corrected chi connectivity index (χ1v) is 9.66. The number of aliphatic hydroxyl groups is 1. The maximum absolute atomic E-state index is 10.2. The second-order valence-corrected chi connectivity index (χ2v) is 6.70. The summed E-state index contributed by atoms with van der Waals surface area (Å²) in [5, 5.41) is 19.4. The zero-order chi connectivity index (χ0) is 17.2. The third-order valence-electron chi connectivity index (χ3n) is 4.16. The molecule has 0 rings (SSSR count). The molecule has 0 radical (unpaired) electrons. The van der Waals surface area contributed by atoms with Crippen LogP contribution in [0.5, 0.6) is 0 Å². The van der Waals surface area contributed by atoms with Crippen LogP contribution >= 0.6 is 0 Å². The average Bonchev–Trinajstić information content (AvgIpc) is 2.49. The van der Waals surface area contributed by atoms with Crippen LogP contribution in [0.1, 0.15) is 103 Å². The second-order valence-electron chi connectivity index (χ2n) is 6.70. The van der Waals surface area contributed by atoms with Crippen molar-refractivity contribution < 1.29 is 44.6 Å². The standard InChI is InChI=1S/C20H38O3.Na/c1-19(21)17-15-13-11-9-7-5-3-2-4-6-8-10-12-14-16-18-20(22)23;/h10,12,19,21H,2-9,11,13-18H2,1H3,(H,22,23);/q;+1/p-1/b12-10-;. The van der Waals surface area contributed by atoms with Gasteiger partial charge in [-0.3, -0.25) is 0 Å². The summed E-state index contributed by atoms with van der Waals surface area (Å²) < 4.78 is 0. The van der Waals surface area contributed by atoms with Gasteiger partial charge in [-0.05, 0) is 45.4 Å². The summed E-state index contributed by atoms with van der Waals surface area (Å²) in [6.45, 7) is 1.87. The Kier molecular flexibility index (Phi) is 23.3. The van der Waals surface area contributed by atoms with Crippen molar-refractivity contribution in [1.29, 1.82) is 0 Å². The summed E-state index contributed by atoms with van der Waals surface area (Å²) in [6, 6.07) is 0. The number of allylic oxidation sites excluding steroid dienone is 2. The van der Waals surface area contributed by atoms with Crippen LogP contribution in [0, 0.1) is 0 Å². The minimum atomic E-state index is -0.946. The van der Waals surface area contributed by atoms with Crippen molar-refractivity contribution in [3.63, 3.8) is 0 Å². The number of rotatable bonds is 17. The molecule has 1 atom stereocenters. The molecular weight excluding hydrogens is 311 g/mol. The smallest absolute Gasteiger partial charge is 0.550 e. The van der Waals surface area contributed by atoms with E-state index in [-0.39, 0.29) is 42.1 Å². The van der Waals surface area contributed by atoms with Crippen LogP contribution in [0.3, 0.4) is 0 Å². The van der Waals surface area contributed by atoms with E-state index in [1.54, 1.807) is 0 Å². The van der Waals surface area contributed by atoms with E-state index in [1.165, 1.54) is 64.2 Å². The molecule has 3 nitrogen and oxygen atoms in total. The third-order valence-corrected chi connectivity index (χ3v) is 4.16. The molecule has 136 valence electrons. The van der Waals surface area contributed by atoms with E-state index >= 15 is 0 Å². The molecular formula is C20H37NaO3. The fourth-order valence-corrected chi connectivity index (χ4v) is 2.72. The second kappa shape index (κ2) is 21.2. The van der Waals surface area contributed by atoms with E-state index in [0.29, 0.717) is 6.42 Å². The summed E-state index contributed by atoms with van der Waals surface area (Å²) >= 11 is 0. The van der Waals surface area contributed by atoms with E-state index in [2.05, 4.69) is 12.2 Å².